The standard InChI is InChI=1S/C33H49N3O5/c1-6-8-10-11-15-22-36(29(30(38)34-21-9-7-2)26-19-16-20-27(37)24-26)31(39)28(23-25-17-13-12-14-18-25)35-32(40)41-33(3,4)5/h12-14,16-20,24,28-29,37H,6-11,15,21-23H2,1-5H3,(H,34,38)(H,35,40). The number of rotatable bonds is 16. The fraction of sp³-hybridized carbons (Fsp3) is 0.545. The van der Waals surface area contributed by atoms with E-state index in [0.29, 0.717) is 25.1 Å². The third-order valence-electron chi connectivity index (χ3n) is 6.63. The molecule has 2 aromatic rings. The minimum atomic E-state index is -0.976. The summed E-state index contributed by atoms with van der Waals surface area (Å²) >= 11 is 0. The van der Waals surface area contributed by atoms with Crippen molar-refractivity contribution in [3.8, 4) is 5.75 Å². The van der Waals surface area contributed by atoms with Crippen LogP contribution in [0.4, 0.5) is 4.79 Å². The van der Waals surface area contributed by atoms with Crippen LogP contribution in [0.3, 0.4) is 0 Å². The number of nitrogens with one attached hydrogen (secondary N) is 2. The van der Waals surface area contributed by atoms with Crippen molar-refractivity contribution in [1.29, 1.82) is 0 Å². The summed E-state index contributed by atoms with van der Waals surface area (Å²) < 4.78 is 5.50. The van der Waals surface area contributed by atoms with Crippen LogP contribution in [0.15, 0.2) is 54.6 Å². The number of amides is 3. The van der Waals surface area contributed by atoms with Gasteiger partial charge in [-0.1, -0.05) is 88.4 Å². The summed E-state index contributed by atoms with van der Waals surface area (Å²) in [5.41, 5.74) is 0.634. The Hall–Kier alpha value is -3.55. The van der Waals surface area contributed by atoms with E-state index in [0.717, 1.165) is 44.1 Å². The van der Waals surface area contributed by atoms with Crippen molar-refractivity contribution in [2.45, 2.75) is 104 Å². The second-order valence-electron chi connectivity index (χ2n) is 11.5. The Kier molecular flexibility index (Phi) is 14.2. The van der Waals surface area contributed by atoms with E-state index in [4.69, 9.17) is 4.74 Å². The molecule has 3 amide bonds. The van der Waals surface area contributed by atoms with Crippen molar-refractivity contribution in [3.05, 3.63) is 65.7 Å². The van der Waals surface area contributed by atoms with Crippen LogP contribution in [0.5, 0.6) is 5.75 Å². The SMILES string of the molecule is CCCCCCCN(C(=O)C(Cc1ccccc1)NC(=O)OC(C)(C)C)C(C(=O)NCCCC)c1cccc(O)c1. The molecule has 8 heteroatoms. The third-order valence-corrected chi connectivity index (χ3v) is 6.63. The van der Waals surface area contributed by atoms with Gasteiger partial charge in [-0.25, -0.2) is 4.79 Å². The Bertz CT molecular complexity index is 1080. The lowest BCUT2D eigenvalue weighted by Crippen LogP contribution is -2.54. The highest BCUT2D eigenvalue weighted by Gasteiger charge is 2.36. The van der Waals surface area contributed by atoms with Crippen molar-refractivity contribution in [2.24, 2.45) is 0 Å². The van der Waals surface area contributed by atoms with Gasteiger partial charge in [0.05, 0.1) is 0 Å². The van der Waals surface area contributed by atoms with Crippen LogP contribution in [0, 0.1) is 0 Å². The van der Waals surface area contributed by atoms with Crippen molar-refractivity contribution >= 4 is 17.9 Å². The largest absolute Gasteiger partial charge is 0.508 e. The molecule has 2 aromatic carbocycles. The maximum absolute atomic E-state index is 14.4. The predicted octanol–water partition coefficient (Wildman–Crippen LogP) is 6.28. The van der Waals surface area contributed by atoms with Crippen LogP contribution in [-0.4, -0.2) is 52.6 Å². The average Bonchev–Trinajstić information content (AvgIpc) is 2.91. The number of hydrogen-bond donors (Lipinski definition) is 3. The third kappa shape index (κ3) is 12.2. The zero-order chi connectivity index (χ0) is 30.3. The molecule has 0 fully saturated rings. The van der Waals surface area contributed by atoms with E-state index in [-0.39, 0.29) is 24.0 Å². The topological polar surface area (TPSA) is 108 Å². The molecule has 0 spiro atoms. The minimum absolute atomic E-state index is 0.0110. The molecule has 3 N–H and O–H groups in total. The molecule has 0 aliphatic rings. The molecule has 8 nitrogen and oxygen atoms in total. The Balaban J connectivity index is 2.51. The van der Waals surface area contributed by atoms with E-state index in [1.807, 2.05) is 37.3 Å². The lowest BCUT2D eigenvalue weighted by molar-refractivity contribution is -0.142. The van der Waals surface area contributed by atoms with E-state index < -0.39 is 23.8 Å². The Morgan fingerprint density at radius 1 is 0.902 bits per heavy atom. The van der Waals surface area contributed by atoms with Crippen LogP contribution in [-0.2, 0) is 20.7 Å². The zero-order valence-electron chi connectivity index (χ0n) is 25.4. The van der Waals surface area contributed by atoms with Gasteiger partial charge in [0, 0.05) is 19.5 Å². The molecular formula is C33H49N3O5. The number of phenols is 1. The molecule has 0 aliphatic heterocycles. The first-order chi connectivity index (χ1) is 19.6. The number of nitrogens with zero attached hydrogens (tertiary/aromatic N) is 1. The highest BCUT2D eigenvalue weighted by Crippen LogP contribution is 2.27. The molecule has 0 heterocycles. The van der Waals surface area contributed by atoms with Gasteiger partial charge in [-0.2, -0.15) is 0 Å². The normalized spacial score (nSPS) is 12.7. The van der Waals surface area contributed by atoms with E-state index >= 15 is 0 Å². The molecule has 2 unspecified atom stereocenters. The summed E-state index contributed by atoms with van der Waals surface area (Å²) in [6.45, 7) is 10.3. The van der Waals surface area contributed by atoms with Gasteiger partial charge in [0.15, 0.2) is 0 Å². The molecule has 41 heavy (non-hydrogen) atoms. The van der Waals surface area contributed by atoms with Gasteiger partial charge in [-0.05, 0) is 56.9 Å². The molecular weight excluding hydrogens is 518 g/mol. The summed E-state index contributed by atoms with van der Waals surface area (Å²) in [6.07, 6.45) is 6.08. The second kappa shape index (κ2) is 17.3. The molecule has 0 aliphatic carbocycles. The average molecular weight is 568 g/mol. The first kappa shape index (κ1) is 33.7. The fourth-order valence-electron chi connectivity index (χ4n) is 4.60. The van der Waals surface area contributed by atoms with Gasteiger partial charge in [-0.15, -0.1) is 0 Å². The summed E-state index contributed by atoms with van der Waals surface area (Å²) in [5, 5.41) is 16.0. The molecule has 226 valence electrons. The Morgan fingerprint density at radius 2 is 1.59 bits per heavy atom. The first-order valence-electron chi connectivity index (χ1n) is 15.0. The summed E-state index contributed by atoms with van der Waals surface area (Å²) in [5.74, 6) is -0.687. The molecule has 0 bridgehead atoms. The smallest absolute Gasteiger partial charge is 0.408 e. The number of alkyl carbamates (subject to hydrolysis) is 1. The fourth-order valence-corrected chi connectivity index (χ4v) is 4.60. The van der Waals surface area contributed by atoms with Gasteiger partial charge < -0.3 is 25.4 Å². The van der Waals surface area contributed by atoms with Crippen molar-refractivity contribution < 1.29 is 24.2 Å². The van der Waals surface area contributed by atoms with Crippen LogP contribution in [0.2, 0.25) is 0 Å². The van der Waals surface area contributed by atoms with E-state index in [1.54, 1.807) is 37.8 Å². The van der Waals surface area contributed by atoms with Crippen molar-refractivity contribution in [2.75, 3.05) is 13.1 Å². The lowest BCUT2D eigenvalue weighted by atomic mass is 9.99. The van der Waals surface area contributed by atoms with Crippen LogP contribution >= 0.6 is 0 Å². The highest BCUT2D eigenvalue weighted by molar-refractivity contribution is 5.92. The quantitative estimate of drug-likeness (QED) is 0.207. The number of ether oxygens (including phenoxy) is 1. The number of unbranched alkanes of at least 4 members (excludes halogenated alkanes) is 5. The monoisotopic (exact) mass is 567 g/mol. The maximum atomic E-state index is 14.4. The van der Waals surface area contributed by atoms with Gasteiger partial charge >= 0.3 is 6.09 Å². The Labute approximate surface area is 245 Å². The van der Waals surface area contributed by atoms with Gasteiger partial charge in [0.25, 0.3) is 0 Å². The van der Waals surface area contributed by atoms with Crippen molar-refractivity contribution in [1.82, 2.24) is 15.5 Å². The highest BCUT2D eigenvalue weighted by atomic mass is 16.6. The minimum Gasteiger partial charge on any atom is -0.508 e. The number of carbonyl (C=O) groups is 3. The van der Waals surface area contributed by atoms with Crippen LogP contribution < -0.4 is 10.6 Å². The maximum Gasteiger partial charge on any atom is 0.408 e. The zero-order valence-corrected chi connectivity index (χ0v) is 25.4. The van der Waals surface area contributed by atoms with Gasteiger partial charge in [-0.3, -0.25) is 9.59 Å². The number of carbonyl (C=O) groups excluding carboxylic acids is 3. The molecule has 2 rings (SSSR count). The van der Waals surface area contributed by atoms with E-state index in [1.165, 1.54) is 12.1 Å². The summed E-state index contributed by atoms with van der Waals surface area (Å²) in [6, 6.07) is 14.0. The summed E-state index contributed by atoms with van der Waals surface area (Å²) in [4.78, 5) is 42.6. The van der Waals surface area contributed by atoms with E-state index in [2.05, 4.69) is 17.6 Å². The Morgan fingerprint density at radius 3 is 2.22 bits per heavy atom. The van der Waals surface area contributed by atoms with Gasteiger partial charge in [0.1, 0.15) is 23.4 Å². The summed E-state index contributed by atoms with van der Waals surface area (Å²) in [7, 11) is 0. The molecule has 0 saturated heterocycles. The molecule has 0 aromatic heterocycles. The molecule has 0 saturated carbocycles. The van der Waals surface area contributed by atoms with Crippen LogP contribution in [0.1, 0.15) is 96.7 Å². The number of benzene rings is 2. The second-order valence-corrected chi connectivity index (χ2v) is 11.5. The lowest BCUT2D eigenvalue weighted by Gasteiger charge is -2.34. The predicted molar refractivity (Wildman–Crippen MR) is 163 cm³/mol. The molecule has 2 atom stereocenters. The number of phenolic OH excluding ortho intramolecular Hbond substituents is 1. The number of aromatic hydroxyl groups is 1. The van der Waals surface area contributed by atoms with Crippen LogP contribution in [0.25, 0.3) is 0 Å². The first-order valence-corrected chi connectivity index (χ1v) is 15.0. The van der Waals surface area contributed by atoms with Gasteiger partial charge in [0.2, 0.25) is 11.8 Å². The molecule has 0 radical (unpaired) electrons. The van der Waals surface area contributed by atoms with Crippen molar-refractivity contribution in [3.63, 3.8) is 0 Å². The van der Waals surface area contributed by atoms with E-state index in [9.17, 15) is 19.5 Å². The number of hydrogen-bond acceptors (Lipinski definition) is 5.